The van der Waals surface area contributed by atoms with E-state index in [0.29, 0.717) is 5.56 Å². The lowest BCUT2D eigenvalue weighted by molar-refractivity contribution is -0.0950. The SMILES string of the molecule is Cc1ccc2c(c1)C(C)(C)C(=CC1C(O)C(c3c[nH]n(C)c3=O)C1O)N2. The molecule has 1 fully saturated rings. The van der Waals surface area contributed by atoms with Gasteiger partial charge in [0.15, 0.2) is 0 Å². The molecule has 6 nitrogen and oxygen atoms in total. The molecule has 4 N–H and O–H groups in total. The lowest BCUT2D eigenvalue weighted by Gasteiger charge is -2.45. The predicted octanol–water partition coefficient (Wildman–Crippen LogP) is 1.74. The summed E-state index contributed by atoms with van der Waals surface area (Å²) in [7, 11) is 1.62. The molecule has 0 amide bonds. The summed E-state index contributed by atoms with van der Waals surface area (Å²) in [6.45, 7) is 6.33. The predicted molar refractivity (Wildman–Crippen MR) is 100 cm³/mol. The Morgan fingerprint density at radius 2 is 1.92 bits per heavy atom. The molecule has 2 aliphatic rings. The molecule has 2 unspecified atom stereocenters. The zero-order valence-electron chi connectivity index (χ0n) is 15.4. The van der Waals surface area contributed by atoms with Crippen molar-refractivity contribution in [2.24, 2.45) is 13.0 Å². The Morgan fingerprint density at radius 1 is 1.23 bits per heavy atom. The fourth-order valence-corrected chi connectivity index (χ4v) is 4.19. The van der Waals surface area contributed by atoms with Gasteiger partial charge >= 0.3 is 0 Å². The lowest BCUT2D eigenvalue weighted by Crippen LogP contribution is -2.54. The number of anilines is 1. The first kappa shape index (κ1) is 17.1. The number of H-pyrrole nitrogens is 1. The molecule has 2 heterocycles. The van der Waals surface area contributed by atoms with Crippen molar-refractivity contribution in [2.45, 2.75) is 44.3 Å². The average Bonchev–Trinajstić information content (AvgIpc) is 3.04. The normalized spacial score (nSPS) is 30.8. The van der Waals surface area contributed by atoms with Crippen molar-refractivity contribution in [3.8, 4) is 0 Å². The van der Waals surface area contributed by atoms with Gasteiger partial charge < -0.3 is 20.6 Å². The van der Waals surface area contributed by atoms with Gasteiger partial charge in [-0.25, -0.2) is 0 Å². The van der Waals surface area contributed by atoms with E-state index in [1.54, 1.807) is 13.2 Å². The molecule has 4 rings (SSSR count). The number of aliphatic hydroxyl groups is 2. The van der Waals surface area contributed by atoms with Crippen LogP contribution in [0.5, 0.6) is 0 Å². The minimum Gasteiger partial charge on any atom is -0.392 e. The highest BCUT2D eigenvalue weighted by atomic mass is 16.3. The van der Waals surface area contributed by atoms with E-state index in [1.165, 1.54) is 15.8 Å². The third kappa shape index (κ3) is 2.29. The first-order chi connectivity index (χ1) is 12.2. The number of rotatable bonds is 2. The molecule has 0 radical (unpaired) electrons. The minimum absolute atomic E-state index is 0.207. The molecular weight excluding hydrogens is 330 g/mol. The summed E-state index contributed by atoms with van der Waals surface area (Å²) in [5.74, 6) is -0.965. The second kappa shape index (κ2) is 5.59. The molecule has 6 heteroatoms. The number of fused-ring (bicyclic) bond motifs is 1. The first-order valence-electron chi connectivity index (χ1n) is 8.92. The van der Waals surface area contributed by atoms with Crippen molar-refractivity contribution < 1.29 is 10.2 Å². The van der Waals surface area contributed by atoms with Crippen molar-refractivity contribution in [2.75, 3.05) is 5.32 Å². The van der Waals surface area contributed by atoms with Gasteiger partial charge in [-0.2, -0.15) is 0 Å². The van der Waals surface area contributed by atoms with Crippen molar-refractivity contribution in [3.63, 3.8) is 0 Å². The van der Waals surface area contributed by atoms with Crippen LogP contribution in [-0.2, 0) is 12.5 Å². The number of nitrogens with one attached hydrogen (secondary N) is 2. The topological polar surface area (TPSA) is 90.3 Å². The van der Waals surface area contributed by atoms with Crippen molar-refractivity contribution in [1.29, 1.82) is 0 Å². The smallest absolute Gasteiger partial charge is 0.269 e. The van der Waals surface area contributed by atoms with Crippen LogP contribution in [0.2, 0.25) is 0 Å². The van der Waals surface area contributed by atoms with Crippen LogP contribution in [0, 0.1) is 12.8 Å². The monoisotopic (exact) mass is 355 g/mol. The van der Waals surface area contributed by atoms with E-state index in [0.717, 1.165) is 11.4 Å². The maximum absolute atomic E-state index is 12.1. The van der Waals surface area contributed by atoms with Crippen molar-refractivity contribution in [3.05, 3.63) is 63.2 Å². The van der Waals surface area contributed by atoms with Crippen LogP contribution in [0.15, 0.2) is 41.0 Å². The van der Waals surface area contributed by atoms with E-state index < -0.39 is 24.0 Å². The molecule has 26 heavy (non-hydrogen) atoms. The molecule has 1 aromatic heterocycles. The summed E-state index contributed by atoms with van der Waals surface area (Å²) < 4.78 is 1.35. The fourth-order valence-electron chi connectivity index (χ4n) is 4.19. The third-order valence-electron chi connectivity index (χ3n) is 6.00. The van der Waals surface area contributed by atoms with Gasteiger partial charge in [-0.15, -0.1) is 0 Å². The van der Waals surface area contributed by atoms with Crippen LogP contribution in [0.1, 0.15) is 36.5 Å². The van der Waals surface area contributed by atoms with Gasteiger partial charge in [-0.3, -0.25) is 9.48 Å². The summed E-state index contributed by atoms with van der Waals surface area (Å²) in [6.07, 6.45) is 1.92. The van der Waals surface area contributed by atoms with E-state index in [-0.39, 0.29) is 11.0 Å². The molecule has 1 aliphatic carbocycles. The summed E-state index contributed by atoms with van der Waals surface area (Å²) in [5.41, 5.74) is 4.44. The number of hydrogen-bond acceptors (Lipinski definition) is 4. The van der Waals surface area contributed by atoms with Gasteiger partial charge in [0.25, 0.3) is 5.56 Å². The fraction of sp³-hybridized carbons (Fsp3) is 0.450. The Labute approximate surface area is 152 Å². The molecule has 0 bridgehead atoms. The Balaban J connectivity index is 1.62. The number of allylic oxidation sites excluding steroid dienone is 1. The van der Waals surface area contributed by atoms with Gasteiger partial charge in [0.2, 0.25) is 0 Å². The second-order valence-corrected chi connectivity index (χ2v) is 8.06. The number of benzene rings is 1. The number of aryl methyl sites for hydroxylation is 2. The van der Waals surface area contributed by atoms with E-state index in [1.807, 2.05) is 6.08 Å². The Bertz CT molecular complexity index is 943. The van der Waals surface area contributed by atoms with Crippen LogP contribution in [0.4, 0.5) is 5.69 Å². The van der Waals surface area contributed by atoms with Gasteiger partial charge in [-0.05, 0) is 18.6 Å². The number of nitrogens with zero attached hydrogens (tertiary/aromatic N) is 1. The molecule has 2 aromatic rings. The number of aromatic amines is 1. The Kier molecular flexibility index (Phi) is 3.68. The zero-order valence-corrected chi connectivity index (χ0v) is 15.4. The quantitative estimate of drug-likeness (QED) is 0.661. The highest BCUT2D eigenvalue weighted by Crippen LogP contribution is 2.47. The van der Waals surface area contributed by atoms with Gasteiger partial charge in [0.05, 0.1) is 12.2 Å². The maximum atomic E-state index is 12.1. The second-order valence-electron chi connectivity index (χ2n) is 8.06. The van der Waals surface area contributed by atoms with Gasteiger partial charge in [0, 0.05) is 47.4 Å². The zero-order chi connectivity index (χ0) is 18.8. The molecular formula is C20H25N3O3. The number of aliphatic hydroxyl groups excluding tert-OH is 2. The molecule has 0 saturated heterocycles. The maximum Gasteiger partial charge on any atom is 0.269 e. The van der Waals surface area contributed by atoms with E-state index >= 15 is 0 Å². The van der Waals surface area contributed by atoms with Crippen LogP contribution in [0.3, 0.4) is 0 Å². The van der Waals surface area contributed by atoms with E-state index in [2.05, 4.69) is 49.4 Å². The summed E-state index contributed by atoms with van der Waals surface area (Å²) >= 11 is 0. The van der Waals surface area contributed by atoms with E-state index in [9.17, 15) is 15.0 Å². The standard InChI is InChI=1S/C20H25N3O3/c1-10-5-6-14-13(7-10)20(2,3)15(22-14)8-11-17(24)16(18(11)25)12-9-21-23(4)19(12)26/h5-9,11,16-18,21-22,24-25H,1-4H3. The summed E-state index contributed by atoms with van der Waals surface area (Å²) in [6, 6.07) is 6.30. The number of aromatic nitrogens is 2. The van der Waals surface area contributed by atoms with Crippen LogP contribution in [0.25, 0.3) is 0 Å². The van der Waals surface area contributed by atoms with Gasteiger partial charge in [-0.1, -0.05) is 37.6 Å². The highest BCUT2D eigenvalue weighted by Gasteiger charge is 2.51. The molecule has 1 saturated carbocycles. The lowest BCUT2D eigenvalue weighted by atomic mass is 9.65. The molecule has 1 aliphatic heterocycles. The molecule has 0 spiro atoms. The minimum atomic E-state index is -0.788. The highest BCUT2D eigenvalue weighted by molar-refractivity contribution is 5.68. The molecule has 2 atom stereocenters. The third-order valence-corrected chi connectivity index (χ3v) is 6.00. The van der Waals surface area contributed by atoms with E-state index in [4.69, 9.17) is 0 Å². The average molecular weight is 355 g/mol. The van der Waals surface area contributed by atoms with Gasteiger partial charge in [0.1, 0.15) is 0 Å². The van der Waals surface area contributed by atoms with Crippen LogP contribution < -0.4 is 10.9 Å². The Hall–Kier alpha value is -2.31. The van der Waals surface area contributed by atoms with Crippen LogP contribution >= 0.6 is 0 Å². The molecule has 1 aromatic carbocycles. The Morgan fingerprint density at radius 3 is 2.54 bits per heavy atom. The van der Waals surface area contributed by atoms with Crippen LogP contribution in [-0.4, -0.2) is 32.2 Å². The summed E-state index contributed by atoms with van der Waals surface area (Å²) in [5, 5.41) is 27.5. The van der Waals surface area contributed by atoms with Crippen molar-refractivity contribution in [1.82, 2.24) is 9.78 Å². The number of hydrogen-bond donors (Lipinski definition) is 4. The molecule has 138 valence electrons. The first-order valence-corrected chi connectivity index (χ1v) is 8.92. The van der Waals surface area contributed by atoms with Crippen molar-refractivity contribution >= 4 is 5.69 Å². The summed E-state index contributed by atoms with van der Waals surface area (Å²) in [4.78, 5) is 12.1. The largest absolute Gasteiger partial charge is 0.392 e.